The van der Waals surface area contributed by atoms with E-state index in [1.54, 1.807) is 26.0 Å². The van der Waals surface area contributed by atoms with Crippen molar-refractivity contribution in [3.8, 4) is 5.75 Å². The second kappa shape index (κ2) is 7.96. The van der Waals surface area contributed by atoms with E-state index in [9.17, 15) is 24.2 Å². The number of Topliss-reactive ketones (excluding diaryl/α,β-unsaturated/α-hetero) is 1. The van der Waals surface area contributed by atoms with Crippen molar-refractivity contribution in [1.29, 1.82) is 0 Å². The van der Waals surface area contributed by atoms with Gasteiger partial charge in [0.2, 0.25) is 5.78 Å². The molecule has 0 radical (unpaired) electrons. The molecule has 31 heavy (non-hydrogen) atoms. The van der Waals surface area contributed by atoms with Crippen LogP contribution in [0.2, 0.25) is 0 Å². The molecule has 1 atom stereocenters. The molecular formula is C23H19FN2O4S. The van der Waals surface area contributed by atoms with E-state index in [0.29, 0.717) is 26.7 Å². The molecule has 1 amide bonds. The van der Waals surface area contributed by atoms with Crippen LogP contribution in [0.25, 0.3) is 0 Å². The molecule has 0 bridgehead atoms. The third-order valence-electron chi connectivity index (χ3n) is 5.11. The zero-order valence-corrected chi connectivity index (χ0v) is 17.6. The highest BCUT2D eigenvalue weighted by Crippen LogP contribution is 2.41. The Balaban J connectivity index is 1.81. The van der Waals surface area contributed by atoms with Crippen LogP contribution in [-0.2, 0) is 11.3 Å². The minimum atomic E-state index is -0.918. The monoisotopic (exact) mass is 438 g/mol. The first-order chi connectivity index (χ1) is 14.8. The zero-order valence-electron chi connectivity index (χ0n) is 16.8. The molecule has 0 aliphatic carbocycles. The van der Waals surface area contributed by atoms with Crippen molar-refractivity contribution in [1.82, 2.24) is 9.88 Å². The smallest absolute Gasteiger partial charge is 0.290 e. The molecule has 8 heteroatoms. The number of nitrogens with zero attached hydrogens (tertiary/aromatic N) is 2. The van der Waals surface area contributed by atoms with Gasteiger partial charge in [0.15, 0.2) is 5.76 Å². The van der Waals surface area contributed by atoms with E-state index >= 15 is 0 Å². The fourth-order valence-electron chi connectivity index (χ4n) is 3.74. The van der Waals surface area contributed by atoms with Crippen LogP contribution in [0.4, 0.5) is 4.39 Å². The number of phenols is 1. The van der Waals surface area contributed by atoms with Gasteiger partial charge in [0.1, 0.15) is 11.6 Å². The molecule has 6 nitrogen and oxygen atoms in total. The molecule has 3 aromatic rings. The second-order valence-electron chi connectivity index (χ2n) is 7.30. The number of aliphatic hydroxyl groups is 1. The standard InChI is InChI=1S/C23H19FN2O4S/c1-12-22(31-13(2)25-12)20(28)18-19(15-4-3-5-17(27)10-15)26(23(30)21(18)29)11-14-6-8-16(24)9-7-14/h3-10,19,27,29H,11H2,1-2H3. The van der Waals surface area contributed by atoms with Crippen LogP contribution < -0.4 is 0 Å². The van der Waals surface area contributed by atoms with Gasteiger partial charge in [0, 0.05) is 6.54 Å². The van der Waals surface area contributed by atoms with Gasteiger partial charge < -0.3 is 15.1 Å². The van der Waals surface area contributed by atoms with E-state index in [-0.39, 0.29) is 17.9 Å². The summed E-state index contributed by atoms with van der Waals surface area (Å²) in [6.07, 6.45) is 0. The van der Waals surface area contributed by atoms with Gasteiger partial charge in [-0.05, 0) is 49.2 Å². The molecule has 2 N–H and O–H groups in total. The van der Waals surface area contributed by atoms with Crippen molar-refractivity contribution >= 4 is 23.0 Å². The summed E-state index contributed by atoms with van der Waals surface area (Å²) >= 11 is 1.19. The highest BCUT2D eigenvalue weighted by molar-refractivity contribution is 7.14. The lowest BCUT2D eigenvalue weighted by molar-refractivity contribution is -0.130. The molecule has 4 rings (SSSR count). The third kappa shape index (κ3) is 3.82. The van der Waals surface area contributed by atoms with E-state index in [1.165, 1.54) is 52.6 Å². The first-order valence-electron chi connectivity index (χ1n) is 9.52. The van der Waals surface area contributed by atoms with Gasteiger partial charge in [-0.2, -0.15) is 0 Å². The Morgan fingerprint density at radius 3 is 2.48 bits per heavy atom. The van der Waals surface area contributed by atoms with Crippen LogP contribution in [0.1, 0.15) is 37.5 Å². The fourth-order valence-corrected chi connectivity index (χ4v) is 4.61. The Labute approximate surface area is 181 Å². The van der Waals surface area contributed by atoms with Crippen molar-refractivity contribution < 1.29 is 24.2 Å². The molecule has 0 spiro atoms. The van der Waals surface area contributed by atoms with Gasteiger partial charge in [-0.25, -0.2) is 9.37 Å². The summed E-state index contributed by atoms with van der Waals surface area (Å²) in [4.78, 5) is 32.4. The van der Waals surface area contributed by atoms with Crippen molar-refractivity contribution in [3.63, 3.8) is 0 Å². The van der Waals surface area contributed by atoms with Crippen LogP contribution in [0.3, 0.4) is 0 Å². The molecule has 2 aromatic carbocycles. The minimum Gasteiger partial charge on any atom is -0.508 e. The summed E-state index contributed by atoms with van der Waals surface area (Å²) in [6.45, 7) is 3.52. The van der Waals surface area contributed by atoms with Crippen molar-refractivity contribution in [2.75, 3.05) is 0 Å². The molecule has 1 aliphatic rings. The maximum atomic E-state index is 13.4. The number of carbonyl (C=O) groups is 2. The van der Waals surface area contributed by atoms with Gasteiger partial charge in [-0.3, -0.25) is 9.59 Å². The number of amides is 1. The lowest BCUT2D eigenvalue weighted by Crippen LogP contribution is -2.30. The van der Waals surface area contributed by atoms with E-state index in [2.05, 4.69) is 4.98 Å². The van der Waals surface area contributed by atoms with E-state index < -0.39 is 29.3 Å². The van der Waals surface area contributed by atoms with Crippen LogP contribution in [0, 0.1) is 19.7 Å². The highest BCUT2D eigenvalue weighted by atomic mass is 32.1. The number of ketones is 1. The summed E-state index contributed by atoms with van der Waals surface area (Å²) in [6, 6.07) is 10.9. The van der Waals surface area contributed by atoms with Crippen LogP contribution in [0.5, 0.6) is 5.75 Å². The maximum absolute atomic E-state index is 13.4. The normalized spacial score (nSPS) is 16.3. The molecule has 2 heterocycles. The first-order valence-corrected chi connectivity index (χ1v) is 10.3. The van der Waals surface area contributed by atoms with Crippen LogP contribution in [0.15, 0.2) is 59.9 Å². The molecule has 0 fully saturated rings. The van der Waals surface area contributed by atoms with Gasteiger partial charge in [0.05, 0.1) is 27.2 Å². The number of aromatic nitrogens is 1. The molecular weight excluding hydrogens is 419 g/mol. The number of benzene rings is 2. The predicted molar refractivity (Wildman–Crippen MR) is 113 cm³/mol. The number of hydrogen-bond acceptors (Lipinski definition) is 6. The number of aromatic hydroxyl groups is 1. The number of aliphatic hydroxyl groups excluding tert-OH is 1. The summed E-state index contributed by atoms with van der Waals surface area (Å²) in [5.41, 5.74) is 1.56. The first kappa shape index (κ1) is 20.7. The van der Waals surface area contributed by atoms with E-state index in [0.717, 1.165) is 0 Å². The number of halogens is 1. The summed E-state index contributed by atoms with van der Waals surface area (Å²) in [5, 5.41) is 21.4. The molecule has 0 saturated heterocycles. The number of phenolic OH excluding ortho intramolecular Hbond substituents is 1. The van der Waals surface area contributed by atoms with Crippen molar-refractivity contribution in [2.24, 2.45) is 0 Å². The lowest BCUT2D eigenvalue weighted by atomic mass is 9.94. The number of thiazole rings is 1. The highest BCUT2D eigenvalue weighted by Gasteiger charge is 2.44. The molecule has 0 saturated carbocycles. The minimum absolute atomic E-state index is 0.0327. The predicted octanol–water partition coefficient (Wildman–Crippen LogP) is 4.38. The van der Waals surface area contributed by atoms with Gasteiger partial charge in [0.25, 0.3) is 5.91 Å². The Bertz CT molecular complexity index is 1220. The average molecular weight is 438 g/mol. The number of carbonyl (C=O) groups excluding carboxylic acids is 2. The van der Waals surface area contributed by atoms with E-state index in [1.807, 2.05) is 0 Å². The van der Waals surface area contributed by atoms with Crippen molar-refractivity contribution in [2.45, 2.75) is 26.4 Å². The Kier molecular flexibility index (Phi) is 5.32. The van der Waals surface area contributed by atoms with Crippen molar-refractivity contribution in [3.05, 3.63) is 92.4 Å². The van der Waals surface area contributed by atoms with Gasteiger partial charge >= 0.3 is 0 Å². The number of hydrogen-bond donors (Lipinski definition) is 2. The van der Waals surface area contributed by atoms with Crippen LogP contribution >= 0.6 is 11.3 Å². The van der Waals surface area contributed by atoms with Crippen LogP contribution in [-0.4, -0.2) is 31.8 Å². The topological polar surface area (TPSA) is 90.7 Å². The summed E-state index contributed by atoms with van der Waals surface area (Å²) in [7, 11) is 0. The maximum Gasteiger partial charge on any atom is 0.290 e. The molecule has 158 valence electrons. The largest absolute Gasteiger partial charge is 0.508 e. The third-order valence-corrected chi connectivity index (χ3v) is 6.18. The zero-order chi connectivity index (χ0) is 22.3. The average Bonchev–Trinajstić information content (AvgIpc) is 3.20. The Morgan fingerprint density at radius 2 is 1.87 bits per heavy atom. The SMILES string of the molecule is Cc1nc(C)c(C(=O)C2=C(O)C(=O)N(Cc3ccc(F)cc3)C2c2cccc(O)c2)s1. The Hall–Kier alpha value is -3.52. The number of aryl methyl sites for hydroxylation is 2. The molecule has 1 unspecified atom stereocenters. The second-order valence-corrected chi connectivity index (χ2v) is 8.50. The fraction of sp³-hybridized carbons (Fsp3) is 0.174. The lowest BCUT2D eigenvalue weighted by Gasteiger charge is -2.27. The van der Waals surface area contributed by atoms with E-state index in [4.69, 9.17) is 0 Å². The summed E-state index contributed by atoms with van der Waals surface area (Å²) in [5.74, 6) is -2.27. The summed E-state index contributed by atoms with van der Waals surface area (Å²) < 4.78 is 13.3. The van der Waals surface area contributed by atoms with Gasteiger partial charge in [-0.1, -0.05) is 24.3 Å². The quantitative estimate of drug-likeness (QED) is 0.577. The molecule has 1 aromatic heterocycles. The Morgan fingerprint density at radius 1 is 1.16 bits per heavy atom. The van der Waals surface area contributed by atoms with Gasteiger partial charge in [-0.15, -0.1) is 11.3 Å². The molecule has 1 aliphatic heterocycles. The number of rotatable bonds is 5.